The predicted molar refractivity (Wildman–Crippen MR) is 79.1 cm³/mol. The second-order valence-electron chi connectivity index (χ2n) is 4.58. The molecule has 0 aliphatic rings. The van der Waals surface area contributed by atoms with Crippen molar-refractivity contribution in [3.05, 3.63) is 54.4 Å². The summed E-state index contributed by atoms with van der Waals surface area (Å²) in [4.78, 5) is 3.27. The summed E-state index contributed by atoms with van der Waals surface area (Å²) in [7, 11) is 0. The first-order valence-electron chi connectivity index (χ1n) is 6.41. The lowest BCUT2D eigenvalue weighted by Crippen LogP contribution is -1.96. The Morgan fingerprint density at radius 1 is 1.39 bits per heavy atom. The van der Waals surface area contributed by atoms with Crippen LogP contribution >= 0.6 is 0 Å². The van der Waals surface area contributed by atoms with Crippen molar-refractivity contribution in [2.24, 2.45) is 5.73 Å². The molecule has 0 aliphatic heterocycles. The maximum atomic E-state index is 5.91. The fourth-order valence-electron chi connectivity index (χ4n) is 2.12. The highest BCUT2D eigenvalue weighted by molar-refractivity contribution is 5.92. The molecule has 1 aromatic heterocycles. The molecule has 18 heavy (non-hydrogen) atoms. The predicted octanol–water partition coefficient (Wildman–Crippen LogP) is 4.21. The maximum Gasteiger partial charge on any atom is 0.0460 e. The van der Waals surface area contributed by atoms with Crippen molar-refractivity contribution in [2.45, 2.75) is 26.2 Å². The van der Waals surface area contributed by atoms with Gasteiger partial charge in [0.1, 0.15) is 0 Å². The number of rotatable bonds is 5. The van der Waals surface area contributed by atoms with E-state index in [1.807, 2.05) is 18.3 Å². The Hall–Kier alpha value is -1.96. The normalized spacial score (nSPS) is 11.9. The molecule has 94 valence electrons. The van der Waals surface area contributed by atoms with Gasteiger partial charge in [0.05, 0.1) is 0 Å². The van der Waals surface area contributed by atoms with Gasteiger partial charge in [-0.25, -0.2) is 0 Å². The van der Waals surface area contributed by atoms with Gasteiger partial charge in [-0.15, -0.1) is 0 Å². The highest BCUT2D eigenvalue weighted by atomic mass is 14.7. The standard InChI is InChI=1S/C16H20N2/c1-3-6-13(17)10-9-12(2)15-11-18-16-8-5-4-7-14(15)16/h4-5,7-8,10-11,18H,2-3,6,9,17H2,1H3/b13-10+. The van der Waals surface area contributed by atoms with Gasteiger partial charge in [-0.2, -0.15) is 0 Å². The molecule has 0 amide bonds. The van der Waals surface area contributed by atoms with Crippen LogP contribution in [-0.4, -0.2) is 4.98 Å². The zero-order valence-electron chi connectivity index (χ0n) is 10.9. The third-order valence-corrected chi connectivity index (χ3v) is 3.12. The Kier molecular flexibility index (Phi) is 3.88. The van der Waals surface area contributed by atoms with Crippen LogP contribution in [0.3, 0.4) is 0 Å². The number of H-pyrrole nitrogens is 1. The molecule has 0 saturated carbocycles. The molecule has 0 aliphatic carbocycles. The molecule has 0 radical (unpaired) electrons. The second kappa shape index (κ2) is 5.58. The van der Waals surface area contributed by atoms with Gasteiger partial charge in [-0.05, 0) is 24.5 Å². The molecule has 0 atom stereocenters. The zero-order valence-corrected chi connectivity index (χ0v) is 10.9. The third-order valence-electron chi connectivity index (χ3n) is 3.12. The minimum Gasteiger partial charge on any atom is -0.402 e. The largest absolute Gasteiger partial charge is 0.402 e. The average Bonchev–Trinajstić information content (AvgIpc) is 2.80. The van der Waals surface area contributed by atoms with E-state index in [9.17, 15) is 0 Å². The summed E-state index contributed by atoms with van der Waals surface area (Å²) < 4.78 is 0. The Balaban J connectivity index is 2.17. The minimum absolute atomic E-state index is 0.813. The van der Waals surface area contributed by atoms with Crippen LogP contribution in [0.1, 0.15) is 31.7 Å². The summed E-state index contributed by atoms with van der Waals surface area (Å²) in [6, 6.07) is 8.28. The number of hydrogen-bond acceptors (Lipinski definition) is 1. The molecule has 1 aromatic carbocycles. The minimum atomic E-state index is 0.813. The maximum absolute atomic E-state index is 5.91. The van der Waals surface area contributed by atoms with E-state index in [-0.39, 0.29) is 0 Å². The zero-order chi connectivity index (χ0) is 13.0. The lowest BCUT2D eigenvalue weighted by atomic mass is 10.0. The molecule has 0 unspecified atom stereocenters. The molecule has 2 aromatic rings. The Morgan fingerprint density at radius 3 is 2.94 bits per heavy atom. The second-order valence-corrected chi connectivity index (χ2v) is 4.58. The number of para-hydroxylation sites is 1. The van der Waals surface area contributed by atoms with Gasteiger partial charge in [0.2, 0.25) is 0 Å². The van der Waals surface area contributed by atoms with Crippen molar-refractivity contribution < 1.29 is 0 Å². The lowest BCUT2D eigenvalue weighted by molar-refractivity contribution is 0.887. The fraction of sp³-hybridized carbons (Fsp3) is 0.250. The highest BCUT2D eigenvalue weighted by Crippen LogP contribution is 2.26. The van der Waals surface area contributed by atoms with Crippen molar-refractivity contribution >= 4 is 16.5 Å². The molecule has 2 rings (SSSR count). The van der Waals surface area contributed by atoms with Gasteiger partial charge in [0.25, 0.3) is 0 Å². The molecule has 0 bridgehead atoms. The van der Waals surface area contributed by atoms with Crippen molar-refractivity contribution in [1.82, 2.24) is 4.98 Å². The quantitative estimate of drug-likeness (QED) is 0.807. The highest BCUT2D eigenvalue weighted by Gasteiger charge is 2.05. The van der Waals surface area contributed by atoms with E-state index < -0.39 is 0 Å². The van der Waals surface area contributed by atoms with Gasteiger partial charge in [-0.3, -0.25) is 0 Å². The van der Waals surface area contributed by atoms with Gasteiger partial charge in [-0.1, -0.05) is 44.2 Å². The van der Waals surface area contributed by atoms with Crippen molar-refractivity contribution in [3.8, 4) is 0 Å². The van der Waals surface area contributed by atoms with Crippen LogP contribution in [-0.2, 0) is 0 Å². The van der Waals surface area contributed by atoms with Crippen molar-refractivity contribution in [1.29, 1.82) is 0 Å². The van der Waals surface area contributed by atoms with E-state index in [0.29, 0.717) is 0 Å². The molecule has 0 spiro atoms. The lowest BCUT2D eigenvalue weighted by Gasteiger charge is -2.03. The van der Waals surface area contributed by atoms with Crippen LogP contribution < -0.4 is 5.73 Å². The number of aromatic nitrogens is 1. The molecule has 2 heteroatoms. The Morgan fingerprint density at radius 2 is 2.17 bits per heavy atom. The van der Waals surface area contributed by atoms with Gasteiger partial charge in [0, 0.05) is 28.4 Å². The first kappa shape index (κ1) is 12.5. The van der Waals surface area contributed by atoms with Gasteiger partial charge < -0.3 is 10.7 Å². The first-order valence-corrected chi connectivity index (χ1v) is 6.41. The molecule has 3 N–H and O–H groups in total. The van der Waals surface area contributed by atoms with Crippen LogP contribution in [0.25, 0.3) is 16.5 Å². The molecular formula is C16H20N2. The summed E-state index contributed by atoms with van der Waals surface area (Å²) >= 11 is 0. The third kappa shape index (κ3) is 2.65. The summed E-state index contributed by atoms with van der Waals surface area (Å²) in [5, 5.41) is 1.23. The number of allylic oxidation sites excluding steroid dienone is 3. The van der Waals surface area contributed by atoms with Crippen molar-refractivity contribution in [3.63, 3.8) is 0 Å². The Bertz CT molecular complexity index is 576. The van der Waals surface area contributed by atoms with E-state index in [2.05, 4.69) is 36.7 Å². The van der Waals surface area contributed by atoms with Crippen molar-refractivity contribution in [2.75, 3.05) is 0 Å². The van der Waals surface area contributed by atoms with E-state index in [1.165, 1.54) is 10.9 Å². The summed E-state index contributed by atoms with van der Waals surface area (Å²) in [6.07, 6.45) is 6.96. The fourth-order valence-corrected chi connectivity index (χ4v) is 2.12. The number of nitrogens with one attached hydrogen (secondary N) is 1. The first-order chi connectivity index (χ1) is 8.72. The SMILES string of the molecule is C=C(C/C=C(/N)CCC)c1c[nH]c2ccccc12. The smallest absolute Gasteiger partial charge is 0.0460 e. The summed E-state index contributed by atoms with van der Waals surface area (Å²) in [6.45, 7) is 6.29. The van der Waals surface area contributed by atoms with Crippen LogP contribution in [0.2, 0.25) is 0 Å². The van der Waals surface area contributed by atoms with Crippen LogP contribution in [0.4, 0.5) is 0 Å². The monoisotopic (exact) mass is 240 g/mol. The Labute approximate surface area is 108 Å². The molecule has 0 fully saturated rings. The molecular weight excluding hydrogens is 220 g/mol. The van der Waals surface area contributed by atoms with E-state index >= 15 is 0 Å². The van der Waals surface area contributed by atoms with Gasteiger partial charge >= 0.3 is 0 Å². The van der Waals surface area contributed by atoms with Crippen LogP contribution in [0, 0.1) is 0 Å². The number of aromatic amines is 1. The molecule has 0 saturated heterocycles. The van der Waals surface area contributed by atoms with E-state index in [4.69, 9.17) is 5.73 Å². The summed E-state index contributed by atoms with van der Waals surface area (Å²) in [5.41, 5.74) is 10.3. The summed E-state index contributed by atoms with van der Waals surface area (Å²) in [5.74, 6) is 0. The number of benzene rings is 1. The van der Waals surface area contributed by atoms with E-state index in [0.717, 1.165) is 36.0 Å². The number of fused-ring (bicyclic) bond motifs is 1. The van der Waals surface area contributed by atoms with Crippen LogP contribution in [0.15, 0.2) is 48.8 Å². The van der Waals surface area contributed by atoms with Gasteiger partial charge in [0.15, 0.2) is 0 Å². The number of hydrogen-bond donors (Lipinski definition) is 2. The molecule has 1 heterocycles. The van der Waals surface area contributed by atoms with Crippen LogP contribution in [0.5, 0.6) is 0 Å². The average molecular weight is 240 g/mol. The number of nitrogens with two attached hydrogens (primary N) is 1. The van der Waals surface area contributed by atoms with E-state index in [1.54, 1.807) is 0 Å². The topological polar surface area (TPSA) is 41.8 Å². The molecule has 2 nitrogen and oxygen atoms in total.